The maximum Gasteiger partial charge on any atom is 0.262 e. The van der Waals surface area contributed by atoms with Crippen molar-refractivity contribution in [3.63, 3.8) is 0 Å². The molecule has 0 radical (unpaired) electrons. The van der Waals surface area contributed by atoms with E-state index >= 15 is 0 Å². The summed E-state index contributed by atoms with van der Waals surface area (Å²) in [6.07, 6.45) is 11.3. The third kappa shape index (κ3) is 5.52. The number of pyridine rings is 2. The fourth-order valence-corrected chi connectivity index (χ4v) is 10.9. The van der Waals surface area contributed by atoms with Crippen LogP contribution in [0.15, 0.2) is 73.2 Å². The first-order valence-corrected chi connectivity index (χ1v) is 20.9. The predicted molar refractivity (Wildman–Crippen MR) is 217 cm³/mol. The smallest absolute Gasteiger partial charge is 0.262 e. The minimum Gasteiger partial charge on any atom is -0.494 e. The third-order valence-corrected chi connectivity index (χ3v) is 14.3. The van der Waals surface area contributed by atoms with Gasteiger partial charge in [0.2, 0.25) is 23.6 Å². The molecule has 2 saturated heterocycles. The van der Waals surface area contributed by atoms with E-state index < -0.39 is 29.7 Å². The van der Waals surface area contributed by atoms with Crippen molar-refractivity contribution in [3.8, 4) is 22.8 Å². The summed E-state index contributed by atoms with van der Waals surface area (Å²) in [6, 6.07) is 16.2. The van der Waals surface area contributed by atoms with Crippen LogP contribution in [0, 0.1) is 16.2 Å². The van der Waals surface area contributed by atoms with Crippen molar-refractivity contribution in [1.29, 1.82) is 0 Å². The van der Waals surface area contributed by atoms with Crippen LogP contribution in [0.4, 0.5) is 0 Å². The molecule has 60 heavy (non-hydrogen) atoms. The average molecular weight is 809 g/mol. The van der Waals surface area contributed by atoms with Gasteiger partial charge in [0.05, 0.1) is 48.4 Å². The lowest BCUT2D eigenvalue weighted by Gasteiger charge is -2.43. The van der Waals surface area contributed by atoms with E-state index in [-0.39, 0.29) is 52.2 Å². The number of benzene rings is 2. The van der Waals surface area contributed by atoms with E-state index in [1.54, 1.807) is 18.2 Å². The number of nitrogens with zero attached hydrogens (tertiary/aromatic N) is 5. The van der Waals surface area contributed by atoms with Gasteiger partial charge >= 0.3 is 0 Å². The van der Waals surface area contributed by atoms with Gasteiger partial charge in [-0.05, 0) is 92.3 Å². The number of amides is 5. The van der Waals surface area contributed by atoms with Crippen LogP contribution in [0.1, 0.15) is 72.1 Å². The highest BCUT2D eigenvalue weighted by molar-refractivity contribution is 6.23. The van der Waals surface area contributed by atoms with Crippen molar-refractivity contribution < 1.29 is 38.2 Å². The number of fused-ring (bicyclic) bond motifs is 4. The molecule has 4 atom stereocenters. The number of likely N-dealkylation sites (tertiary alicyclic amines) is 1. The molecule has 5 aromatic rings. The number of hydrogen-bond donors (Lipinski definition) is 1. The van der Waals surface area contributed by atoms with Gasteiger partial charge in [0, 0.05) is 72.0 Å². The number of hydrogen-bond acceptors (Lipinski definition) is 10. The fourth-order valence-electron chi connectivity index (χ4n) is 10.9. The summed E-state index contributed by atoms with van der Waals surface area (Å²) >= 11 is 0. The molecule has 306 valence electrons. The zero-order valence-corrected chi connectivity index (χ0v) is 33.3. The van der Waals surface area contributed by atoms with Crippen molar-refractivity contribution in [3.05, 3.63) is 84.3 Å². The second-order valence-electron chi connectivity index (χ2n) is 17.6. The maximum absolute atomic E-state index is 13.6. The predicted octanol–water partition coefficient (Wildman–Crippen LogP) is 5.22. The van der Waals surface area contributed by atoms with E-state index in [4.69, 9.17) is 14.2 Å². The maximum atomic E-state index is 13.6. The van der Waals surface area contributed by atoms with Crippen molar-refractivity contribution in [2.75, 3.05) is 32.9 Å². The number of ether oxygens (including phenoxy) is 3. The lowest BCUT2D eigenvalue weighted by atomic mass is 9.73. The highest BCUT2D eigenvalue weighted by Gasteiger charge is 2.99. The Bertz CT molecular complexity index is 2670. The SMILES string of the molecule is Cn1c2ccncc2c2ccc(-c3ccc(OC4CN(C(=O)C56CC7(COCCCCCOc8ccc9c(c8)C(=O)N(C8CCC(=O)NC8=O)C9=O)CC75C6)C4)nc3)cc21. The van der Waals surface area contributed by atoms with E-state index in [9.17, 15) is 24.0 Å². The number of aryl methyl sites for hydroxylation is 1. The molecule has 5 fully saturated rings. The zero-order valence-electron chi connectivity index (χ0n) is 33.3. The Labute approximate surface area is 345 Å². The number of piperidine rings is 1. The monoisotopic (exact) mass is 808 g/mol. The van der Waals surface area contributed by atoms with E-state index in [1.807, 2.05) is 41.7 Å². The number of carbonyl (C=O) groups excluding carboxylic acids is 5. The lowest BCUT2D eigenvalue weighted by molar-refractivity contribution is -0.152. The molecule has 1 N–H and O–H groups in total. The normalized spacial score (nSPS) is 26.3. The number of unbranched alkanes of at least 4 members (excludes halogenated alkanes) is 2. The van der Waals surface area contributed by atoms with Crippen LogP contribution in [0.2, 0.25) is 0 Å². The van der Waals surface area contributed by atoms with Crippen molar-refractivity contribution in [2.24, 2.45) is 23.3 Å². The molecule has 3 saturated carbocycles. The van der Waals surface area contributed by atoms with E-state index in [0.717, 1.165) is 71.0 Å². The van der Waals surface area contributed by atoms with Gasteiger partial charge in [-0.1, -0.05) is 12.1 Å². The van der Waals surface area contributed by atoms with Crippen LogP contribution in [0.3, 0.4) is 0 Å². The zero-order chi connectivity index (χ0) is 41.0. The van der Waals surface area contributed by atoms with Crippen LogP contribution >= 0.6 is 0 Å². The summed E-state index contributed by atoms with van der Waals surface area (Å²) in [5, 5.41) is 4.52. The van der Waals surface area contributed by atoms with Gasteiger partial charge in [-0.25, -0.2) is 4.98 Å². The molecule has 14 heteroatoms. The Morgan fingerprint density at radius 1 is 0.850 bits per heavy atom. The molecule has 3 aliphatic carbocycles. The molecule has 2 aromatic carbocycles. The summed E-state index contributed by atoms with van der Waals surface area (Å²) in [5.74, 6) is -0.795. The molecule has 1 spiro atoms. The Morgan fingerprint density at radius 3 is 2.50 bits per heavy atom. The number of imide groups is 2. The molecule has 6 aliphatic rings. The third-order valence-electron chi connectivity index (χ3n) is 14.3. The van der Waals surface area contributed by atoms with E-state index in [0.29, 0.717) is 44.5 Å². The van der Waals surface area contributed by atoms with E-state index in [1.165, 1.54) is 5.39 Å². The van der Waals surface area contributed by atoms with Crippen LogP contribution in [-0.2, 0) is 26.2 Å². The van der Waals surface area contributed by atoms with Gasteiger partial charge in [0.25, 0.3) is 11.8 Å². The standard InChI is InChI=1S/C46H44N6O8/c1-50-35-13-14-47-20-34(35)31-8-5-27(17-37(31)50)28-6-12-39(48-19-28)60-30-21-51(22-30)43(57)45-23-44(24-46(44,45)25-45)26-58-15-3-2-4-16-59-29-7-9-32-33(18-29)42(56)52(41(32)55)36-10-11-38(53)49-40(36)54/h5-9,12-14,17-20,30,36H,2-4,10-11,15-16,21-26H2,1H3,(H,49,53,54). The largest absolute Gasteiger partial charge is 0.494 e. The molecule has 0 bridgehead atoms. The summed E-state index contributed by atoms with van der Waals surface area (Å²) in [7, 11) is 2.08. The molecule has 11 rings (SSSR count). The average Bonchev–Trinajstić information content (AvgIpc) is 3.88. The fraction of sp³-hybridized carbons (Fsp3) is 0.413. The molecular weight excluding hydrogens is 765 g/mol. The lowest BCUT2D eigenvalue weighted by Crippen LogP contribution is -2.59. The van der Waals surface area contributed by atoms with Crippen LogP contribution < -0.4 is 14.8 Å². The Balaban J connectivity index is 0.588. The topological polar surface area (TPSA) is 162 Å². The molecule has 14 nitrogen and oxygen atoms in total. The second-order valence-corrected chi connectivity index (χ2v) is 17.6. The summed E-state index contributed by atoms with van der Waals surface area (Å²) in [6.45, 7) is 2.99. The molecule has 3 aromatic heterocycles. The Morgan fingerprint density at radius 2 is 1.68 bits per heavy atom. The van der Waals surface area contributed by atoms with Gasteiger partial charge in [-0.2, -0.15) is 0 Å². The summed E-state index contributed by atoms with van der Waals surface area (Å²) in [5.41, 5.74) is 4.93. The first kappa shape index (κ1) is 36.9. The van der Waals surface area contributed by atoms with Crippen molar-refractivity contribution in [1.82, 2.24) is 29.7 Å². The van der Waals surface area contributed by atoms with Gasteiger partial charge in [0.15, 0.2) is 0 Å². The minimum atomic E-state index is -0.997. The number of aromatic nitrogens is 3. The molecule has 6 heterocycles. The molecule has 5 amide bonds. The van der Waals surface area contributed by atoms with Crippen molar-refractivity contribution >= 4 is 51.3 Å². The highest BCUT2D eigenvalue weighted by atomic mass is 16.5. The quantitative estimate of drug-likeness (QED) is 0.116. The highest BCUT2D eigenvalue weighted by Crippen LogP contribution is 3.00. The number of nitrogens with one attached hydrogen (secondary N) is 1. The second kappa shape index (κ2) is 13.4. The molecular formula is C46H44N6O8. The van der Waals surface area contributed by atoms with Crippen molar-refractivity contribution in [2.45, 2.75) is 63.5 Å². The number of rotatable bonds is 14. The van der Waals surface area contributed by atoms with Crippen LogP contribution in [-0.4, -0.2) is 98.9 Å². The molecule has 4 unspecified atom stereocenters. The first-order valence-electron chi connectivity index (χ1n) is 20.9. The van der Waals surface area contributed by atoms with Gasteiger partial charge in [-0.15, -0.1) is 0 Å². The summed E-state index contributed by atoms with van der Waals surface area (Å²) < 4.78 is 20.4. The Hall–Kier alpha value is -6.15. The number of carbonyl (C=O) groups is 5. The summed E-state index contributed by atoms with van der Waals surface area (Å²) in [4.78, 5) is 75.3. The molecule has 3 aliphatic heterocycles. The van der Waals surface area contributed by atoms with Gasteiger partial charge < -0.3 is 23.7 Å². The Kier molecular flexibility index (Phi) is 8.26. The van der Waals surface area contributed by atoms with Crippen LogP contribution in [0.25, 0.3) is 32.9 Å². The van der Waals surface area contributed by atoms with E-state index in [2.05, 4.69) is 45.1 Å². The first-order chi connectivity index (χ1) is 29.1. The van der Waals surface area contributed by atoms with Gasteiger partial charge in [0.1, 0.15) is 17.9 Å². The van der Waals surface area contributed by atoms with Gasteiger partial charge in [-0.3, -0.25) is 39.2 Å². The minimum absolute atomic E-state index is 0.0574. The van der Waals surface area contributed by atoms with Crippen LogP contribution in [0.5, 0.6) is 11.6 Å².